The molecule has 2 aliphatic rings. The normalized spacial score (nSPS) is 18.9. The Hall–Kier alpha value is -3.36. The van der Waals surface area contributed by atoms with Crippen molar-refractivity contribution in [2.45, 2.75) is 43.2 Å². The number of benzene rings is 2. The van der Waals surface area contributed by atoms with Crippen LogP contribution in [0.3, 0.4) is 0 Å². The van der Waals surface area contributed by atoms with E-state index in [2.05, 4.69) is 5.32 Å². The molecule has 11 heteroatoms. The van der Waals surface area contributed by atoms with E-state index >= 15 is 0 Å². The molecule has 0 aliphatic carbocycles. The number of rotatable bonds is 7. The van der Waals surface area contributed by atoms with Gasteiger partial charge in [-0.25, -0.2) is 17.2 Å². The summed E-state index contributed by atoms with van der Waals surface area (Å²) < 4.78 is 54.1. The maximum absolute atomic E-state index is 13.6. The summed E-state index contributed by atoms with van der Waals surface area (Å²) in [7, 11) is -3.83. The average molecular weight is 517 g/mol. The first kappa shape index (κ1) is 25.7. The lowest BCUT2D eigenvalue weighted by Crippen LogP contribution is -2.49. The van der Waals surface area contributed by atoms with Gasteiger partial charge in [0, 0.05) is 44.2 Å². The second-order valence-electron chi connectivity index (χ2n) is 9.14. The van der Waals surface area contributed by atoms with Gasteiger partial charge in [-0.1, -0.05) is 24.3 Å². The van der Waals surface area contributed by atoms with Gasteiger partial charge in [0.15, 0.2) is 0 Å². The molecule has 2 fully saturated rings. The summed E-state index contributed by atoms with van der Waals surface area (Å²) in [6.45, 7) is 1.41. The number of nitrogens with one attached hydrogen (secondary N) is 1. The first-order valence-corrected chi connectivity index (χ1v) is 13.0. The van der Waals surface area contributed by atoms with Gasteiger partial charge in [0.2, 0.25) is 15.9 Å². The van der Waals surface area contributed by atoms with Crippen molar-refractivity contribution in [3.8, 4) is 6.07 Å². The Bertz CT molecular complexity index is 1310. The Morgan fingerprint density at radius 3 is 2.58 bits per heavy atom. The van der Waals surface area contributed by atoms with Crippen LogP contribution < -0.4 is 5.32 Å². The van der Waals surface area contributed by atoms with E-state index in [1.807, 2.05) is 6.07 Å². The van der Waals surface area contributed by atoms with Crippen molar-refractivity contribution < 1.29 is 26.8 Å². The van der Waals surface area contributed by atoms with E-state index in [9.17, 15) is 26.8 Å². The molecule has 0 saturated carbocycles. The van der Waals surface area contributed by atoms with Crippen molar-refractivity contribution in [1.29, 1.82) is 5.26 Å². The molecule has 0 radical (unpaired) electrons. The van der Waals surface area contributed by atoms with E-state index < -0.39 is 33.8 Å². The fourth-order valence-corrected chi connectivity index (χ4v) is 5.94. The maximum Gasteiger partial charge on any atom is 0.270 e. The minimum absolute atomic E-state index is 0.0362. The molecule has 0 unspecified atom stereocenters. The summed E-state index contributed by atoms with van der Waals surface area (Å²) in [5.74, 6) is -4.20. The lowest BCUT2D eigenvalue weighted by molar-refractivity contribution is -0.125. The molecular formula is C25H26F2N4O4S. The number of hydrogen-bond acceptors (Lipinski definition) is 5. The van der Waals surface area contributed by atoms with Crippen molar-refractivity contribution in [2.24, 2.45) is 5.92 Å². The highest BCUT2D eigenvalue weighted by atomic mass is 32.2. The molecule has 2 amide bonds. The molecule has 0 bridgehead atoms. The van der Waals surface area contributed by atoms with Gasteiger partial charge in [-0.2, -0.15) is 9.57 Å². The zero-order valence-corrected chi connectivity index (χ0v) is 20.5. The van der Waals surface area contributed by atoms with Crippen molar-refractivity contribution in [3.05, 3.63) is 65.2 Å². The number of carbonyl (C=O) groups is 2. The van der Waals surface area contributed by atoms with Crippen LogP contribution in [0, 0.1) is 17.2 Å². The number of likely N-dealkylation sites (tertiary alicyclic amines) is 1. The Morgan fingerprint density at radius 2 is 1.89 bits per heavy atom. The number of sulfonamides is 1. The molecule has 2 aromatic carbocycles. The van der Waals surface area contributed by atoms with Crippen LogP contribution in [-0.4, -0.2) is 55.1 Å². The van der Waals surface area contributed by atoms with Gasteiger partial charge in [0.25, 0.3) is 11.8 Å². The Balaban J connectivity index is 1.44. The molecule has 4 rings (SSSR count). The van der Waals surface area contributed by atoms with Gasteiger partial charge in [-0.15, -0.1) is 0 Å². The molecule has 2 aromatic rings. The predicted molar refractivity (Wildman–Crippen MR) is 126 cm³/mol. The van der Waals surface area contributed by atoms with Crippen LogP contribution in [0.2, 0.25) is 0 Å². The number of hydrogen-bond donors (Lipinski definition) is 1. The number of alkyl halides is 2. The van der Waals surface area contributed by atoms with E-state index in [0.717, 1.165) is 6.92 Å². The molecule has 0 spiro atoms. The summed E-state index contributed by atoms with van der Waals surface area (Å²) in [6, 6.07) is 12.7. The number of nitrogens with zero attached hydrogens (tertiary/aromatic N) is 3. The van der Waals surface area contributed by atoms with E-state index in [-0.39, 0.29) is 41.6 Å². The van der Waals surface area contributed by atoms with Gasteiger partial charge < -0.3 is 10.2 Å². The monoisotopic (exact) mass is 516 g/mol. The highest BCUT2D eigenvalue weighted by Crippen LogP contribution is 2.28. The summed E-state index contributed by atoms with van der Waals surface area (Å²) in [6.07, 6.45) is 1.04. The molecule has 8 nitrogen and oxygen atoms in total. The Labute approximate surface area is 208 Å². The van der Waals surface area contributed by atoms with Gasteiger partial charge >= 0.3 is 0 Å². The summed E-state index contributed by atoms with van der Waals surface area (Å²) >= 11 is 0. The van der Waals surface area contributed by atoms with Crippen LogP contribution in [0.25, 0.3) is 0 Å². The van der Waals surface area contributed by atoms with E-state index in [0.29, 0.717) is 24.9 Å². The average Bonchev–Trinajstić information content (AvgIpc) is 3.31. The minimum atomic E-state index is -3.83. The largest absolute Gasteiger partial charge is 0.350 e. The molecule has 0 aromatic heterocycles. The van der Waals surface area contributed by atoms with E-state index in [4.69, 9.17) is 5.26 Å². The number of nitriles is 1. The van der Waals surface area contributed by atoms with Crippen LogP contribution in [0.1, 0.15) is 41.3 Å². The number of carbonyl (C=O) groups excluding carboxylic acids is 2. The quantitative estimate of drug-likeness (QED) is 0.609. The SMILES string of the molecule is CC(F)(F)c1cccc(CNC(=O)[C@H]2CCCN2C(=O)c2cccc(S(=O)(=O)N3CC(C#N)C3)c2)c1. The van der Waals surface area contributed by atoms with Crippen LogP contribution in [-0.2, 0) is 27.3 Å². The molecule has 2 aliphatic heterocycles. The Morgan fingerprint density at radius 1 is 1.17 bits per heavy atom. The highest BCUT2D eigenvalue weighted by molar-refractivity contribution is 7.89. The lowest BCUT2D eigenvalue weighted by atomic mass is 10.1. The smallest absolute Gasteiger partial charge is 0.270 e. The maximum atomic E-state index is 13.6. The predicted octanol–water partition coefficient (Wildman–Crippen LogP) is 2.86. The number of halogens is 2. The van der Waals surface area contributed by atoms with Crippen molar-refractivity contribution >= 4 is 21.8 Å². The third-order valence-electron chi connectivity index (χ3n) is 6.47. The summed E-state index contributed by atoms with van der Waals surface area (Å²) in [4.78, 5) is 27.5. The molecule has 2 saturated heterocycles. The third kappa shape index (κ3) is 5.24. The zero-order valence-electron chi connectivity index (χ0n) is 19.7. The van der Waals surface area contributed by atoms with Crippen LogP contribution in [0.15, 0.2) is 53.4 Å². The fourth-order valence-electron chi connectivity index (χ4n) is 4.36. The molecule has 1 N–H and O–H groups in total. The Kier molecular flexibility index (Phi) is 7.11. The second-order valence-corrected chi connectivity index (χ2v) is 11.1. The highest BCUT2D eigenvalue weighted by Gasteiger charge is 2.38. The fraction of sp³-hybridized carbons (Fsp3) is 0.400. The molecule has 2 heterocycles. The summed E-state index contributed by atoms with van der Waals surface area (Å²) in [5, 5.41) is 11.6. The third-order valence-corrected chi connectivity index (χ3v) is 8.29. The standard InChI is InChI=1S/C25H26F2N4O4S/c1-25(26,27)20-7-2-5-17(11-20)14-29-23(32)22-9-4-10-31(22)24(33)19-6-3-8-21(12-19)36(34,35)30-15-18(13-28)16-30/h2-3,5-8,11-12,18,22H,4,9-10,14-16H2,1H3,(H,29,32)/t22-/m1/s1. The van der Waals surface area contributed by atoms with Gasteiger partial charge in [0.1, 0.15) is 6.04 Å². The van der Waals surface area contributed by atoms with E-state index in [1.54, 1.807) is 6.07 Å². The first-order valence-electron chi connectivity index (χ1n) is 11.6. The van der Waals surface area contributed by atoms with Crippen molar-refractivity contribution in [2.75, 3.05) is 19.6 Å². The zero-order chi connectivity index (χ0) is 26.1. The topological polar surface area (TPSA) is 111 Å². The van der Waals surface area contributed by atoms with Gasteiger partial charge in [-0.3, -0.25) is 9.59 Å². The second kappa shape index (κ2) is 9.95. The van der Waals surface area contributed by atoms with Crippen LogP contribution >= 0.6 is 0 Å². The molecule has 36 heavy (non-hydrogen) atoms. The lowest BCUT2D eigenvalue weighted by Gasteiger charge is -2.34. The first-order chi connectivity index (χ1) is 17.0. The summed E-state index contributed by atoms with van der Waals surface area (Å²) in [5.41, 5.74) is 0.509. The van der Waals surface area contributed by atoms with Crippen LogP contribution in [0.5, 0.6) is 0 Å². The number of amides is 2. The van der Waals surface area contributed by atoms with E-state index in [1.165, 1.54) is 51.7 Å². The molecule has 1 atom stereocenters. The van der Waals surface area contributed by atoms with Crippen molar-refractivity contribution in [1.82, 2.24) is 14.5 Å². The molecule has 190 valence electrons. The minimum Gasteiger partial charge on any atom is -0.350 e. The molecular weight excluding hydrogens is 490 g/mol. The van der Waals surface area contributed by atoms with Gasteiger partial charge in [-0.05, 0) is 42.7 Å². The van der Waals surface area contributed by atoms with Gasteiger partial charge in [0.05, 0.1) is 16.9 Å². The van der Waals surface area contributed by atoms with Crippen LogP contribution in [0.4, 0.5) is 8.78 Å². The van der Waals surface area contributed by atoms with Crippen molar-refractivity contribution in [3.63, 3.8) is 0 Å².